The van der Waals surface area contributed by atoms with Crippen molar-refractivity contribution in [1.29, 1.82) is 0 Å². The number of aromatic amines is 1. The average molecular weight is 1020 g/mol. The first-order valence-corrected chi connectivity index (χ1v) is 27.4. The van der Waals surface area contributed by atoms with Crippen LogP contribution in [0.2, 0.25) is 0 Å². The van der Waals surface area contributed by atoms with E-state index >= 15 is 4.39 Å². The summed E-state index contributed by atoms with van der Waals surface area (Å²) in [7, 11) is -4.68. The lowest BCUT2D eigenvalue weighted by Crippen LogP contribution is -2.64. The number of carbonyl (C=O) groups excluding carboxylic acids is 1. The molecule has 388 valence electrons. The highest BCUT2D eigenvalue weighted by molar-refractivity contribution is 7.90. The van der Waals surface area contributed by atoms with Crippen LogP contribution in [0.15, 0.2) is 77.8 Å². The molecule has 11 rings (SSSR count). The van der Waals surface area contributed by atoms with Crippen molar-refractivity contribution in [3.63, 3.8) is 0 Å². The molecular weight excluding hydrogens is 956 g/mol. The fraction of sp³-hybridized carbons (Fsp3) is 0.519. The number of ether oxygens (including phenoxy) is 3. The molecule has 1 saturated carbocycles. The van der Waals surface area contributed by atoms with E-state index in [1.54, 1.807) is 19.1 Å². The Morgan fingerprint density at radius 1 is 0.959 bits per heavy atom. The molecule has 0 radical (unpaired) electrons. The smallest absolute Gasteiger partial charge is 0.293 e. The Hall–Kier alpha value is -5.86. The number of nitrogens with one attached hydrogen (secondary N) is 3. The number of sulfonamides is 1. The molecule has 2 aromatic heterocycles. The summed E-state index contributed by atoms with van der Waals surface area (Å²) in [6, 6.07) is 19.4. The van der Waals surface area contributed by atoms with Gasteiger partial charge in [-0.25, -0.2) is 17.5 Å². The van der Waals surface area contributed by atoms with Gasteiger partial charge in [-0.05, 0) is 123 Å². The van der Waals surface area contributed by atoms with E-state index in [0.29, 0.717) is 61.7 Å². The Labute approximate surface area is 425 Å². The summed E-state index contributed by atoms with van der Waals surface area (Å²) in [4.78, 5) is 40.4. The highest BCUT2D eigenvalue weighted by atomic mass is 32.2. The molecule has 0 bridgehead atoms. The summed E-state index contributed by atoms with van der Waals surface area (Å²) in [5.74, 6) is -0.349. The molecule has 73 heavy (non-hydrogen) atoms. The molecule has 1 amide bonds. The van der Waals surface area contributed by atoms with E-state index in [-0.39, 0.29) is 46.1 Å². The maximum Gasteiger partial charge on any atom is 0.293 e. The molecule has 4 saturated heterocycles. The largest absolute Gasteiger partial charge is 0.468 e. The molecule has 5 aliphatic heterocycles. The van der Waals surface area contributed by atoms with E-state index in [1.807, 2.05) is 17.0 Å². The number of carbonyl (C=O) groups is 1. The van der Waals surface area contributed by atoms with Crippen molar-refractivity contribution in [1.82, 2.24) is 19.6 Å². The molecule has 3 aromatic carbocycles. The SMILES string of the molecule is CC(C)c1ccccc1[C@@H]1COCC[C@@H]1N1CC2(CCN(c3ccc(C(=O)NS(=O)(=O)c4ccc(NCC5CCC(C)(O)CC5)c([N+](=O)[O-])c4)c(N4c5cc6c(F)c[nH]c6nc5O[C@H]5COCC[C@@H]54)c3)CC2)C1. The number of nitrogens with zero attached hydrogens (tertiary/aromatic N) is 5. The Morgan fingerprint density at radius 3 is 2.45 bits per heavy atom. The molecule has 5 aromatic rings. The zero-order valence-corrected chi connectivity index (χ0v) is 42.5. The zero-order valence-electron chi connectivity index (χ0n) is 41.6. The van der Waals surface area contributed by atoms with E-state index in [2.05, 4.69) is 67.9 Å². The summed E-state index contributed by atoms with van der Waals surface area (Å²) in [5.41, 5.74) is 3.86. The molecule has 1 aliphatic carbocycles. The van der Waals surface area contributed by atoms with Crippen LogP contribution in [-0.2, 0) is 19.5 Å². The monoisotopic (exact) mass is 1020 g/mol. The number of amides is 1. The van der Waals surface area contributed by atoms with Crippen molar-refractivity contribution in [2.75, 3.05) is 74.3 Å². The lowest BCUT2D eigenvalue weighted by atomic mass is 9.69. The van der Waals surface area contributed by atoms with Crippen LogP contribution in [0.5, 0.6) is 5.88 Å². The van der Waals surface area contributed by atoms with Gasteiger partial charge in [-0.2, -0.15) is 4.98 Å². The first-order chi connectivity index (χ1) is 35.1. The third-order valence-corrected chi connectivity index (χ3v) is 18.0. The second-order valence-corrected chi connectivity index (χ2v) is 23.6. The molecule has 0 unspecified atom stereocenters. The number of hydrogen-bond donors (Lipinski definition) is 4. The summed E-state index contributed by atoms with van der Waals surface area (Å²) in [6.07, 6.45) is 6.84. The van der Waals surface area contributed by atoms with Gasteiger partial charge in [0.1, 0.15) is 28.9 Å². The minimum Gasteiger partial charge on any atom is -0.468 e. The van der Waals surface area contributed by atoms with E-state index in [1.165, 1.54) is 29.5 Å². The van der Waals surface area contributed by atoms with Crippen LogP contribution >= 0.6 is 0 Å². The minimum atomic E-state index is -4.68. The van der Waals surface area contributed by atoms with Gasteiger partial charge in [0.15, 0.2) is 0 Å². The van der Waals surface area contributed by atoms with Gasteiger partial charge in [-0.1, -0.05) is 38.1 Å². The van der Waals surface area contributed by atoms with E-state index in [4.69, 9.17) is 14.2 Å². The number of H-pyrrole nitrogens is 1. The number of aromatic nitrogens is 2. The quantitative estimate of drug-likeness (QED) is 0.0685. The van der Waals surface area contributed by atoms with Crippen LogP contribution in [0.3, 0.4) is 0 Å². The average Bonchev–Trinajstić information content (AvgIpc) is 3.74. The number of fused-ring (bicyclic) bond motifs is 3. The number of rotatable bonds is 12. The van der Waals surface area contributed by atoms with Crippen LogP contribution < -0.4 is 24.6 Å². The number of pyridine rings is 1. The van der Waals surface area contributed by atoms with E-state index < -0.39 is 55.0 Å². The van der Waals surface area contributed by atoms with Crippen LogP contribution in [0, 0.1) is 27.3 Å². The van der Waals surface area contributed by atoms with Crippen molar-refractivity contribution in [3.8, 4) is 5.88 Å². The van der Waals surface area contributed by atoms with E-state index in [9.17, 15) is 28.4 Å². The summed E-state index contributed by atoms with van der Waals surface area (Å²) in [5, 5.41) is 26.1. The Morgan fingerprint density at radius 2 is 1.70 bits per heavy atom. The van der Waals surface area contributed by atoms with Gasteiger partial charge in [-0.3, -0.25) is 19.8 Å². The van der Waals surface area contributed by atoms with Crippen LogP contribution in [0.25, 0.3) is 11.0 Å². The predicted octanol–water partition coefficient (Wildman–Crippen LogP) is 8.37. The van der Waals surface area contributed by atoms with Gasteiger partial charge in [0.2, 0.25) is 5.88 Å². The molecule has 4 atom stereocenters. The Bertz CT molecular complexity index is 3010. The number of piperidine rings is 1. The van der Waals surface area contributed by atoms with Gasteiger partial charge in [0, 0.05) is 75.8 Å². The third-order valence-electron chi connectivity index (χ3n) is 16.7. The summed E-state index contributed by atoms with van der Waals surface area (Å²) < 4.78 is 64.3. The number of anilines is 4. The normalized spacial score (nSPS) is 26.2. The van der Waals surface area contributed by atoms with Gasteiger partial charge < -0.3 is 39.4 Å². The number of nitro benzene ring substituents is 1. The maximum absolute atomic E-state index is 15.3. The molecular formula is C54H65FN8O9S. The van der Waals surface area contributed by atoms with Crippen molar-refractivity contribution in [3.05, 3.63) is 106 Å². The van der Waals surface area contributed by atoms with Gasteiger partial charge >= 0.3 is 0 Å². The van der Waals surface area contributed by atoms with Crippen LogP contribution in [-0.4, -0.2) is 122 Å². The first-order valence-electron chi connectivity index (χ1n) is 25.9. The van der Waals surface area contributed by atoms with Crippen molar-refractivity contribution < 1.29 is 41.8 Å². The summed E-state index contributed by atoms with van der Waals surface area (Å²) in [6.45, 7) is 12.4. The van der Waals surface area contributed by atoms with Crippen molar-refractivity contribution >= 4 is 55.4 Å². The van der Waals surface area contributed by atoms with Gasteiger partial charge in [-0.15, -0.1) is 0 Å². The predicted molar refractivity (Wildman–Crippen MR) is 275 cm³/mol. The number of benzene rings is 3. The number of hydrogen-bond acceptors (Lipinski definition) is 14. The fourth-order valence-corrected chi connectivity index (χ4v) is 13.5. The fourth-order valence-electron chi connectivity index (χ4n) is 12.5. The Balaban J connectivity index is 0.873. The van der Waals surface area contributed by atoms with Crippen molar-refractivity contribution in [2.45, 2.75) is 113 Å². The molecule has 6 aliphatic rings. The number of halogens is 1. The zero-order chi connectivity index (χ0) is 50.8. The van der Waals surface area contributed by atoms with E-state index in [0.717, 1.165) is 83.3 Å². The van der Waals surface area contributed by atoms with Gasteiger partial charge in [0.25, 0.3) is 21.6 Å². The minimum absolute atomic E-state index is 0.0208. The number of nitro groups is 1. The molecule has 1 spiro atoms. The third kappa shape index (κ3) is 9.62. The molecule has 5 fully saturated rings. The van der Waals surface area contributed by atoms with Crippen LogP contribution in [0.4, 0.5) is 32.8 Å². The molecule has 4 N–H and O–H groups in total. The Kier molecular flexibility index (Phi) is 13.1. The van der Waals surface area contributed by atoms with Gasteiger partial charge in [0.05, 0.1) is 51.3 Å². The molecule has 17 nitrogen and oxygen atoms in total. The second kappa shape index (κ2) is 19.4. The molecule has 19 heteroatoms. The number of aliphatic hydroxyl groups is 1. The summed E-state index contributed by atoms with van der Waals surface area (Å²) >= 11 is 0. The molecule has 7 heterocycles. The number of likely N-dealkylation sites (tertiary alicyclic amines) is 1. The lowest BCUT2D eigenvalue weighted by molar-refractivity contribution is -0.384. The standard InChI is InChI=1S/C54H65FN8O9S/c1-33(2)37-6-4-5-7-38(37)41-29-70-22-14-44(41)61-31-54(32-61)18-20-60(21-19-54)35-8-10-39(46(24-35)62-45-15-23-71-30-49(45)72-52-48(62)26-40-42(55)28-57-50(40)58-52)51(64)59-73(68,69)36-9-11-43(47(25-36)63(66)67)56-27-34-12-16-53(3,65)17-13-34/h4-11,24-26,28,33-34,41,44-45,49,56,65H,12-23,27,29-32H2,1-3H3,(H,57,58)(H,59,64)/t34?,41-,44-,45-,49-,53?/m0/s1. The topological polar surface area (TPSA) is 205 Å². The van der Waals surface area contributed by atoms with Crippen molar-refractivity contribution in [2.24, 2.45) is 11.3 Å². The maximum atomic E-state index is 15.3. The second-order valence-electron chi connectivity index (χ2n) is 21.9. The highest BCUT2D eigenvalue weighted by Crippen LogP contribution is 2.49. The lowest BCUT2D eigenvalue weighted by Gasteiger charge is -2.58. The van der Waals surface area contributed by atoms with Crippen LogP contribution in [0.1, 0.15) is 105 Å². The first kappa shape index (κ1) is 49.4. The highest BCUT2D eigenvalue weighted by Gasteiger charge is 2.50.